The van der Waals surface area contributed by atoms with Crippen molar-refractivity contribution in [2.24, 2.45) is 5.92 Å². The van der Waals surface area contributed by atoms with Crippen LogP contribution in [0.15, 0.2) is 42.8 Å². The Kier molecular flexibility index (Phi) is 3.88. The molecule has 1 aliphatic heterocycles. The van der Waals surface area contributed by atoms with Crippen molar-refractivity contribution < 1.29 is 4.74 Å². The van der Waals surface area contributed by atoms with Gasteiger partial charge in [0.25, 0.3) is 0 Å². The minimum Gasteiger partial charge on any atom is -0.497 e. The second kappa shape index (κ2) is 5.59. The summed E-state index contributed by atoms with van der Waals surface area (Å²) in [6, 6.07) is 12.6. The van der Waals surface area contributed by atoms with Crippen LogP contribution in [0.25, 0.3) is 0 Å². The summed E-state index contributed by atoms with van der Waals surface area (Å²) in [5.41, 5.74) is 1.18. The smallest absolute Gasteiger partial charge is 0.119 e. The zero-order valence-corrected chi connectivity index (χ0v) is 10.8. The largest absolute Gasteiger partial charge is 0.497 e. The predicted octanol–water partition coefficient (Wildman–Crippen LogP) is 3.08. The Bertz CT molecular complexity index is 447. The molecule has 2 atom stereocenters. The SMILES string of the molecule is CC(C)[C@H](C#N)N1C=COC[C@@H]1c1ccccc1. The molecular formula is C15H18N2O. The van der Waals surface area contributed by atoms with Crippen LogP contribution in [0.2, 0.25) is 0 Å². The van der Waals surface area contributed by atoms with Crippen molar-refractivity contribution in [3.05, 3.63) is 48.4 Å². The van der Waals surface area contributed by atoms with Crippen molar-refractivity contribution in [3.63, 3.8) is 0 Å². The van der Waals surface area contributed by atoms with Gasteiger partial charge in [-0.05, 0) is 11.5 Å². The lowest BCUT2D eigenvalue weighted by Crippen LogP contribution is -2.40. The fourth-order valence-electron chi connectivity index (χ4n) is 2.24. The van der Waals surface area contributed by atoms with E-state index in [1.165, 1.54) is 5.56 Å². The quantitative estimate of drug-likeness (QED) is 0.817. The van der Waals surface area contributed by atoms with Gasteiger partial charge in [-0.2, -0.15) is 5.26 Å². The van der Waals surface area contributed by atoms with Crippen LogP contribution in [-0.4, -0.2) is 17.5 Å². The van der Waals surface area contributed by atoms with Crippen molar-refractivity contribution >= 4 is 0 Å². The van der Waals surface area contributed by atoms with Gasteiger partial charge in [-0.15, -0.1) is 0 Å². The normalized spacial score (nSPS) is 20.3. The zero-order valence-electron chi connectivity index (χ0n) is 10.8. The Morgan fingerprint density at radius 2 is 2.06 bits per heavy atom. The molecule has 0 aliphatic carbocycles. The van der Waals surface area contributed by atoms with E-state index >= 15 is 0 Å². The number of benzene rings is 1. The summed E-state index contributed by atoms with van der Waals surface area (Å²) in [5, 5.41) is 9.35. The number of ether oxygens (including phenoxy) is 1. The summed E-state index contributed by atoms with van der Waals surface area (Å²) < 4.78 is 5.41. The Morgan fingerprint density at radius 3 is 2.67 bits per heavy atom. The van der Waals surface area contributed by atoms with Gasteiger partial charge < -0.3 is 9.64 Å². The number of hydrogen-bond acceptors (Lipinski definition) is 3. The molecule has 94 valence electrons. The molecule has 0 unspecified atom stereocenters. The van der Waals surface area contributed by atoms with Gasteiger partial charge in [0, 0.05) is 6.20 Å². The molecule has 0 bridgehead atoms. The highest BCUT2D eigenvalue weighted by Crippen LogP contribution is 2.28. The average Bonchev–Trinajstić information content (AvgIpc) is 2.41. The van der Waals surface area contributed by atoms with Crippen LogP contribution in [0, 0.1) is 17.2 Å². The molecule has 18 heavy (non-hydrogen) atoms. The lowest BCUT2D eigenvalue weighted by atomic mass is 9.98. The maximum Gasteiger partial charge on any atom is 0.119 e. The monoisotopic (exact) mass is 242 g/mol. The maximum absolute atomic E-state index is 9.35. The summed E-state index contributed by atoms with van der Waals surface area (Å²) in [6.45, 7) is 4.73. The Hall–Kier alpha value is -1.95. The van der Waals surface area contributed by atoms with Crippen LogP contribution in [0.3, 0.4) is 0 Å². The summed E-state index contributed by atoms with van der Waals surface area (Å²) in [4.78, 5) is 2.10. The first-order valence-corrected chi connectivity index (χ1v) is 6.24. The van der Waals surface area contributed by atoms with E-state index in [1.54, 1.807) is 6.26 Å². The van der Waals surface area contributed by atoms with Crippen LogP contribution >= 0.6 is 0 Å². The van der Waals surface area contributed by atoms with E-state index in [0.29, 0.717) is 6.61 Å². The van der Waals surface area contributed by atoms with Crippen molar-refractivity contribution in [2.45, 2.75) is 25.9 Å². The third-order valence-corrected chi connectivity index (χ3v) is 3.21. The van der Waals surface area contributed by atoms with Crippen molar-refractivity contribution in [3.8, 4) is 6.07 Å². The van der Waals surface area contributed by atoms with Gasteiger partial charge in [-0.1, -0.05) is 44.2 Å². The van der Waals surface area contributed by atoms with Gasteiger partial charge in [-0.3, -0.25) is 0 Å². The molecule has 1 aliphatic rings. The highest BCUT2D eigenvalue weighted by Gasteiger charge is 2.29. The van der Waals surface area contributed by atoms with E-state index in [0.717, 1.165) is 0 Å². The van der Waals surface area contributed by atoms with Crippen molar-refractivity contribution in [2.75, 3.05) is 6.61 Å². The fourth-order valence-corrected chi connectivity index (χ4v) is 2.24. The highest BCUT2D eigenvalue weighted by molar-refractivity contribution is 5.22. The molecule has 0 spiro atoms. The van der Waals surface area contributed by atoms with Crippen molar-refractivity contribution in [1.82, 2.24) is 4.90 Å². The minimum absolute atomic E-state index is 0.114. The van der Waals surface area contributed by atoms with Gasteiger partial charge in [0.1, 0.15) is 12.6 Å². The van der Waals surface area contributed by atoms with E-state index in [9.17, 15) is 5.26 Å². The lowest BCUT2D eigenvalue weighted by molar-refractivity contribution is 0.0856. The number of nitriles is 1. The summed E-state index contributed by atoms with van der Waals surface area (Å²) in [7, 11) is 0. The maximum atomic E-state index is 9.35. The molecule has 0 amide bonds. The Morgan fingerprint density at radius 1 is 1.33 bits per heavy atom. The first-order chi connectivity index (χ1) is 8.74. The molecule has 0 aromatic heterocycles. The van der Waals surface area contributed by atoms with Crippen LogP contribution < -0.4 is 0 Å². The van der Waals surface area contributed by atoms with Crippen molar-refractivity contribution in [1.29, 1.82) is 5.26 Å². The lowest BCUT2D eigenvalue weighted by Gasteiger charge is -2.38. The van der Waals surface area contributed by atoms with Gasteiger partial charge in [0.2, 0.25) is 0 Å². The Labute approximate surface area is 108 Å². The van der Waals surface area contributed by atoms with Gasteiger partial charge in [-0.25, -0.2) is 0 Å². The molecule has 3 heteroatoms. The summed E-state index contributed by atoms with van der Waals surface area (Å²) in [6.07, 6.45) is 3.56. The van der Waals surface area contributed by atoms with Gasteiger partial charge >= 0.3 is 0 Å². The Balaban J connectivity index is 2.29. The molecular weight excluding hydrogens is 224 g/mol. The minimum atomic E-state index is -0.129. The molecule has 0 N–H and O–H groups in total. The first-order valence-electron chi connectivity index (χ1n) is 6.24. The number of hydrogen-bond donors (Lipinski definition) is 0. The third kappa shape index (κ3) is 2.48. The van der Waals surface area contributed by atoms with Crippen LogP contribution in [0.5, 0.6) is 0 Å². The molecule has 1 heterocycles. The molecule has 3 nitrogen and oxygen atoms in total. The van der Waals surface area contributed by atoms with E-state index in [-0.39, 0.29) is 18.0 Å². The van der Waals surface area contributed by atoms with E-state index in [1.807, 2.05) is 24.4 Å². The van der Waals surface area contributed by atoms with Crippen LogP contribution in [-0.2, 0) is 4.74 Å². The van der Waals surface area contributed by atoms with E-state index in [4.69, 9.17) is 4.74 Å². The summed E-state index contributed by atoms with van der Waals surface area (Å²) in [5.74, 6) is 0.281. The number of rotatable bonds is 3. The highest BCUT2D eigenvalue weighted by atomic mass is 16.5. The average molecular weight is 242 g/mol. The molecule has 0 saturated carbocycles. The van der Waals surface area contributed by atoms with Gasteiger partial charge in [0.15, 0.2) is 0 Å². The van der Waals surface area contributed by atoms with Crippen LogP contribution in [0.1, 0.15) is 25.5 Å². The van der Waals surface area contributed by atoms with Gasteiger partial charge in [0.05, 0.1) is 18.4 Å². The molecule has 0 fully saturated rings. The second-order valence-electron chi connectivity index (χ2n) is 4.81. The second-order valence-corrected chi connectivity index (χ2v) is 4.81. The third-order valence-electron chi connectivity index (χ3n) is 3.21. The predicted molar refractivity (Wildman–Crippen MR) is 70.4 cm³/mol. The van der Waals surface area contributed by atoms with E-state index < -0.39 is 0 Å². The fraction of sp³-hybridized carbons (Fsp3) is 0.400. The first kappa shape index (κ1) is 12.5. The van der Waals surface area contributed by atoms with E-state index in [2.05, 4.69) is 36.9 Å². The topological polar surface area (TPSA) is 36.3 Å². The van der Waals surface area contributed by atoms with Crippen LogP contribution in [0.4, 0.5) is 0 Å². The standard InChI is InChI=1S/C15H18N2O/c1-12(2)14(10-16)17-8-9-18-11-15(17)13-6-4-3-5-7-13/h3-9,12,14-15H,11H2,1-2H3/t14-,15+/m0/s1. The molecule has 2 rings (SSSR count). The number of nitrogens with zero attached hydrogens (tertiary/aromatic N) is 2. The summed E-state index contributed by atoms with van der Waals surface area (Å²) >= 11 is 0. The molecule has 0 radical (unpaired) electrons. The zero-order chi connectivity index (χ0) is 13.0. The molecule has 1 aromatic rings. The molecule has 0 saturated heterocycles. The molecule has 1 aromatic carbocycles.